The Balaban J connectivity index is 2.13. The molecule has 2 heterocycles. The van der Waals surface area contributed by atoms with Gasteiger partial charge in [-0.25, -0.2) is 9.36 Å². The van der Waals surface area contributed by atoms with Crippen LogP contribution in [0.4, 0.5) is 5.69 Å². The summed E-state index contributed by atoms with van der Waals surface area (Å²) in [4.78, 5) is 20.5. The van der Waals surface area contributed by atoms with Crippen molar-refractivity contribution in [1.29, 1.82) is 0 Å². The highest BCUT2D eigenvalue weighted by molar-refractivity contribution is 7.10. The Hall–Kier alpha value is -2.73. The fourth-order valence-corrected chi connectivity index (χ4v) is 3.64. The zero-order chi connectivity index (χ0) is 16.0. The molecular weight excluding hydrogens is 308 g/mol. The fourth-order valence-electron chi connectivity index (χ4n) is 2.87. The number of para-hydroxylation sites is 1. The van der Waals surface area contributed by atoms with Gasteiger partial charge < -0.3 is 4.90 Å². The summed E-state index contributed by atoms with van der Waals surface area (Å²) in [5, 5.41) is 0.633. The van der Waals surface area contributed by atoms with Gasteiger partial charge >= 0.3 is 0 Å². The summed E-state index contributed by atoms with van der Waals surface area (Å²) in [5.74, 6) is 0. The van der Waals surface area contributed by atoms with E-state index in [1.54, 1.807) is 17.1 Å². The molecule has 0 bridgehead atoms. The molecule has 1 aromatic carbocycles. The number of benzene rings is 1. The summed E-state index contributed by atoms with van der Waals surface area (Å²) < 4.78 is 5.81. The van der Waals surface area contributed by atoms with Crippen LogP contribution < -0.4 is 10.5 Å². The van der Waals surface area contributed by atoms with Gasteiger partial charge in [0.15, 0.2) is 0 Å². The van der Waals surface area contributed by atoms with E-state index in [0.29, 0.717) is 5.39 Å². The molecule has 0 saturated heterocycles. The summed E-state index contributed by atoms with van der Waals surface area (Å²) >= 11 is 1.33. The first-order valence-electron chi connectivity index (χ1n) is 7.19. The van der Waals surface area contributed by atoms with E-state index in [9.17, 15) is 4.79 Å². The van der Waals surface area contributed by atoms with Crippen LogP contribution in [0, 0.1) is 0 Å². The SMILES string of the molecule is CN(C)c1c2ccnsc-2c2c(=O)n(-c3ccccc3)cnc12. The smallest absolute Gasteiger partial charge is 0.267 e. The van der Waals surface area contributed by atoms with Crippen molar-refractivity contribution in [2.45, 2.75) is 0 Å². The Morgan fingerprint density at radius 3 is 2.65 bits per heavy atom. The van der Waals surface area contributed by atoms with Gasteiger partial charge in [0.2, 0.25) is 0 Å². The molecule has 0 fully saturated rings. The minimum Gasteiger partial charge on any atom is -0.375 e. The van der Waals surface area contributed by atoms with Gasteiger partial charge in [-0.05, 0) is 29.7 Å². The minimum atomic E-state index is -0.0662. The molecule has 0 unspecified atom stereocenters. The Kier molecular flexibility index (Phi) is 3.12. The van der Waals surface area contributed by atoms with Crippen molar-refractivity contribution in [2.24, 2.45) is 0 Å². The predicted octanol–water partition coefficient (Wildman–Crippen LogP) is 3.01. The van der Waals surface area contributed by atoms with E-state index in [1.165, 1.54) is 11.5 Å². The maximum Gasteiger partial charge on any atom is 0.267 e. The van der Waals surface area contributed by atoms with E-state index < -0.39 is 0 Å². The number of hydrogen-bond donors (Lipinski definition) is 0. The molecule has 2 aliphatic rings. The van der Waals surface area contributed by atoms with Gasteiger partial charge in [0, 0.05) is 25.9 Å². The lowest BCUT2D eigenvalue weighted by molar-refractivity contribution is 0.964. The van der Waals surface area contributed by atoms with Crippen LogP contribution in [0.3, 0.4) is 0 Å². The van der Waals surface area contributed by atoms with E-state index in [0.717, 1.165) is 27.3 Å². The second kappa shape index (κ2) is 5.17. The van der Waals surface area contributed by atoms with Gasteiger partial charge in [0.1, 0.15) is 11.8 Å². The number of aromatic nitrogens is 3. The lowest BCUT2D eigenvalue weighted by atomic mass is 10.2. The standard InChI is InChI=1S/C17H14N4OS/c1-20(2)15-12-8-9-19-23-16(12)13-14(15)18-10-21(17(13)22)11-6-4-3-5-7-11/h3-10H,1-2H3. The maximum atomic E-state index is 13.1. The van der Waals surface area contributed by atoms with Crippen molar-refractivity contribution in [3.63, 3.8) is 0 Å². The van der Waals surface area contributed by atoms with Crippen molar-refractivity contribution < 1.29 is 0 Å². The summed E-state index contributed by atoms with van der Waals surface area (Å²) in [5.41, 5.74) is 3.45. The third-order valence-corrected chi connectivity index (χ3v) is 4.68. The van der Waals surface area contributed by atoms with Gasteiger partial charge in [-0.15, -0.1) is 0 Å². The van der Waals surface area contributed by atoms with Crippen LogP contribution in [0.25, 0.3) is 27.0 Å². The van der Waals surface area contributed by atoms with E-state index in [2.05, 4.69) is 9.36 Å². The summed E-state index contributed by atoms with van der Waals surface area (Å²) in [7, 11) is 3.92. The molecule has 2 aromatic rings. The molecule has 5 nitrogen and oxygen atoms in total. The van der Waals surface area contributed by atoms with Crippen LogP contribution in [0.5, 0.6) is 0 Å². The highest BCUT2D eigenvalue weighted by atomic mass is 32.1. The fraction of sp³-hybridized carbons (Fsp3) is 0.118. The molecule has 0 N–H and O–H groups in total. The second-order valence-electron chi connectivity index (χ2n) is 5.48. The van der Waals surface area contributed by atoms with E-state index in [4.69, 9.17) is 0 Å². The molecular formula is C17H14N4OS. The van der Waals surface area contributed by atoms with Crippen LogP contribution >= 0.6 is 11.5 Å². The van der Waals surface area contributed by atoms with Crippen LogP contribution in [-0.2, 0) is 0 Å². The zero-order valence-electron chi connectivity index (χ0n) is 12.7. The molecule has 0 atom stereocenters. The Labute approximate surface area is 137 Å². The Morgan fingerprint density at radius 1 is 1.13 bits per heavy atom. The largest absolute Gasteiger partial charge is 0.375 e. The van der Waals surface area contributed by atoms with E-state index in [1.807, 2.05) is 55.4 Å². The Bertz CT molecular complexity index is 1020. The van der Waals surface area contributed by atoms with Crippen molar-refractivity contribution in [1.82, 2.24) is 13.9 Å². The third kappa shape index (κ3) is 2.03. The van der Waals surface area contributed by atoms with Crippen molar-refractivity contribution >= 4 is 28.1 Å². The van der Waals surface area contributed by atoms with Gasteiger partial charge in [0.05, 0.1) is 21.6 Å². The number of rotatable bonds is 2. The van der Waals surface area contributed by atoms with E-state index >= 15 is 0 Å². The highest BCUT2D eigenvalue weighted by Crippen LogP contribution is 2.43. The van der Waals surface area contributed by atoms with Crippen LogP contribution in [-0.4, -0.2) is 28.0 Å². The molecule has 1 aliphatic carbocycles. The molecule has 0 saturated carbocycles. The van der Waals surface area contributed by atoms with E-state index in [-0.39, 0.29) is 5.56 Å². The van der Waals surface area contributed by atoms with Crippen molar-refractivity contribution in [2.75, 3.05) is 19.0 Å². The number of nitrogens with zero attached hydrogens (tertiary/aromatic N) is 4. The van der Waals surface area contributed by atoms with Crippen LogP contribution in [0.2, 0.25) is 0 Å². The lowest BCUT2D eigenvalue weighted by Crippen LogP contribution is -2.18. The minimum absolute atomic E-state index is 0.0662. The van der Waals surface area contributed by atoms with Gasteiger partial charge in [-0.2, -0.15) is 0 Å². The van der Waals surface area contributed by atoms with Crippen molar-refractivity contribution in [3.05, 3.63) is 59.3 Å². The number of hydrogen-bond acceptors (Lipinski definition) is 5. The monoisotopic (exact) mass is 322 g/mol. The maximum absolute atomic E-state index is 13.1. The summed E-state index contributed by atoms with van der Waals surface area (Å²) in [6, 6.07) is 11.5. The molecule has 23 heavy (non-hydrogen) atoms. The zero-order valence-corrected chi connectivity index (χ0v) is 13.5. The average Bonchev–Trinajstić information content (AvgIpc) is 2.91. The molecule has 0 amide bonds. The summed E-state index contributed by atoms with van der Waals surface area (Å²) in [6.07, 6.45) is 3.36. The molecule has 0 radical (unpaired) electrons. The van der Waals surface area contributed by atoms with Crippen LogP contribution in [0.1, 0.15) is 0 Å². The Morgan fingerprint density at radius 2 is 1.91 bits per heavy atom. The van der Waals surface area contributed by atoms with Gasteiger partial charge in [-0.3, -0.25) is 9.36 Å². The third-order valence-electron chi connectivity index (χ3n) is 3.85. The van der Waals surface area contributed by atoms with Crippen LogP contribution in [0.15, 0.2) is 53.7 Å². The second-order valence-corrected chi connectivity index (χ2v) is 6.28. The topological polar surface area (TPSA) is 51.0 Å². The molecule has 114 valence electrons. The first-order chi connectivity index (χ1) is 11.2. The molecule has 4 rings (SSSR count). The highest BCUT2D eigenvalue weighted by Gasteiger charge is 2.24. The number of fused-ring (bicyclic) bond motifs is 3. The van der Waals surface area contributed by atoms with Gasteiger partial charge in [0.25, 0.3) is 5.56 Å². The van der Waals surface area contributed by atoms with Crippen molar-refractivity contribution in [3.8, 4) is 16.1 Å². The molecule has 1 aliphatic heterocycles. The first kappa shape index (κ1) is 13.9. The lowest BCUT2D eigenvalue weighted by Gasteiger charge is -2.13. The normalized spacial score (nSPS) is 11.2. The molecule has 1 aromatic heterocycles. The predicted molar refractivity (Wildman–Crippen MR) is 94.0 cm³/mol. The molecule has 0 spiro atoms. The summed E-state index contributed by atoms with van der Waals surface area (Å²) in [6.45, 7) is 0. The quantitative estimate of drug-likeness (QED) is 0.569. The average molecular weight is 322 g/mol. The van der Waals surface area contributed by atoms with Gasteiger partial charge in [-0.1, -0.05) is 18.2 Å². The first-order valence-corrected chi connectivity index (χ1v) is 7.96. The molecule has 6 heteroatoms. The number of anilines is 1.